The zero-order valence-electron chi connectivity index (χ0n) is 12.1. The lowest BCUT2D eigenvalue weighted by molar-refractivity contribution is 0.0691. The third kappa shape index (κ3) is 2.70. The van der Waals surface area contributed by atoms with Gasteiger partial charge in [-0.2, -0.15) is 0 Å². The lowest BCUT2D eigenvalue weighted by atomic mass is 9.67. The van der Waals surface area contributed by atoms with Crippen molar-refractivity contribution in [1.29, 1.82) is 0 Å². The van der Waals surface area contributed by atoms with Crippen molar-refractivity contribution in [2.24, 2.45) is 17.1 Å². The standard InChI is InChI=1S/C16H22FNO2/c1-11-5-7-16(10-18,8-6-11)15(19)13-9-12(17)3-4-14(13)20-2/h3-4,9,11H,5-8,10,18H2,1-2H3. The van der Waals surface area contributed by atoms with Gasteiger partial charge in [-0.25, -0.2) is 4.39 Å². The molecule has 0 atom stereocenters. The number of nitrogens with two attached hydrogens (primary N) is 1. The maximum Gasteiger partial charge on any atom is 0.174 e. The molecule has 2 N–H and O–H groups in total. The molecule has 1 aliphatic carbocycles. The van der Waals surface area contributed by atoms with Gasteiger partial charge >= 0.3 is 0 Å². The molecule has 0 aromatic heterocycles. The molecule has 2 rings (SSSR count). The van der Waals surface area contributed by atoms with Crippen LogP contribution in [0.2, 0.25) is 0 Å². The van der Waals surface area contributed by atoms with Gasteiger partial charge in [-0.05, 0) is 49.8 Å². The molecule has 0 saturated heterocycles. The number of carbonyl (C=O) groups is 1. The SMILES string of the molecule is COc1ccc(F)cc1C(=O)C1(CN)CCC(C)CC1. The fourth-order valence-electron chi connectivity index (χ4n) is 2.98. The highest BCUT2D eigenvalue weighted by molar-refractivity contribution is 6.03. The average Bonchev–Trinajstić information content (AvgIpc) is 2.47. The molecule has 1 saturated carbocycles. The predicted octanol–water partition coefficient (Wildman–Crippen LogP) is 3.17. The van der Waals surface area contributed by atoms with Gasteiger partial charge in [-0.15, -0.1) is 0 Å². The molecular formula is C16H22FNO2. The summed E-state index contributed by atoms with van der Waals surface area (Å²) in [6, 6.07) is 4.06. The van der Waals surface area contributed by atoms with Crippen LogP contribution >= 0.6 is 0 Å². The molecule has 3 nitrogen and oxygen atoms in total. The molecule has 4 heteroatoms. The molecule has 1 aromatic carbocycles. The Morgan fingerprint density at radius 1 is 1.45 bits per heavy atom. The highest BCUT2D eigenvalue weighted by atomic mass is 19.1. The van der Waals surface area contributed by atoms with Crippen LogP contribution in [0.15, 0.2) is 18.2 Å². The number of methoxy groups -OCH3 is 1. The molecule has 0 amide bonds. The van der Waals surface area contributed by atoms with Crippen molar-refractivity contribution in [3.8, 4) is 5.75 Å². The Morgan fingerprint density at radius 3 is 2.65 bits per heavy atom. The fourth-order valence-corrected chi connectivity index (χ4v) is 2.98. The minimum Gasteiger partial charge on any atom is -0.496 e. The van der Waals surface area contributed by atoms with Crippen molar-refractivity contribution in [2.75, 3.05) is 13.7 Å². The van der Waals surface area contributed by atoms with Gasteiger partial charge < -0.3 is 10.5 Å². The first-order valence-corrected chi connectivity index (χ1v) is 7.11. The topological polar surface area (TPSA) is 52.3 Å². The summed E-state index contributed by atoms with van der Waals surface area (Å²) in [7, 11) is 1.49. The van der Waals surface area contributed by atoms with Crippen LogP contribution in [0.4, 0.5) is 4.39 Å². The minimum atomic E-state index is -0.562. The van der Waals surface area contributed by atoms with Gasteiger partial charge in [0.1, 0.15) is 11.6 Å². The summed E-state index contributed by atoms with van der Waals surface area (Å²) in [4.78, 5) is 12.9. The third-order valence-electron chi connectivity index (χ3n) is 4.51. The molecule has 0 unspecified atom stereocenters. The number of rotatable bonds is 4. The monoisotopic (exact) mass is 279 g/mol. The normalized spacial score (nSPS) is 26.3. The van der Waals surface area contributed by atoms with Crippen molar-refractivity contribution in [3.05, 3.63) is 29.6 Å². The molecule has 0 heterocycles. The Labute approximate surface area is 119 Å². The third-order valence-corrected chi connectivity index (χ3v) is 4.51. The first-order valence-electron chi connectivity index (χ1n) is 7.11. The molecule has 1 fully saturated rings. The summed E-state index contributed by atoms with van der Waals surface area (Å²) in [6.07, 6.45) is 3.51. The second-order valence-electron chi connectivity index (χ2n) is 5.84. The molecule has 110 valence electrons. The van der Waals surface area contributed by atoms with E-state index >= 15 is 0 Å². The van der Waals surface area contributed by atoms with Gasteiger partial charge in [0, 0.05) is 12.0 Å². The average molecular weight is 279 g/mol. The Balaban J connectivity index is 2.36. The maximum absolute atomic E-state index is 13.5. The van der Waals surface area contributed by atoms with E-state index in [1.165, 1.54) is 25.3 Å². The van der Waals surface area contributed by atoms with E-state index in [1.54, 1.807) is 0 Å². The molecule has 0 aliphatic heterocycles. The molecule has 1 aromatic rings. The van der Waals surface area contributed by atoms with E-state index in [9.17, 15) is 9.18 Å². The lowest BCUT2D eigenvalue weighted by Gasteiger charge is -2.37. The van der Waals surface area contributed by atoms with Crippen LogP contribution in [-0.4, -0.2) is 19.4 Å². The van der Waals surface area contributed by atoms with Crippen LogP contribution in [0.25, 0.3) is 0 Å². The number of ketones is 1. The van der Waals surface area contributed by atoms with E-state index in [0.29, 0.717) is 23.8 Å². The van der Waals surface area contributed by atoms with Gasteiger partial charge in [0.05, 0.1) is 12.7 Å². The van der Waals surface area contributed by atoms with Crippen molar-refractivity contribution >= 4 is 5.78 Å². The quantitative estimate of drug-likeness (QED) is 0.861. The zero-order valence-corrected chi connectivity index (χ0v) is 12.1. The number of benzene rings is 1. The van der Waals surface area contributed by atoms with Crippen LogP contribution in [0.5, 0.6) is 5.75 Å². The maximum atomic E-state index is 13.5. The molecule has 0 bridgehead atoms. The molecule has 0 radical (unpaired) electrons. The summed E-state index contributed by atoms with van der Waals surface area (Å²) in [5.74, 6) is 0.536. The first kappa shape index (κ1) is 15.0. The van der Waals surface area contributed by atoms with Crippen molar-refractivity contribution in [3.63, 3.8) is 0 Å². The van der Waals surface area contributed by atoms with Crippen molar-refractivity contribution < 1.29 is 13.9 Å². The summed E-state index contributed by atoms with van der Waals surface area (Å²) < 4.78 is 18.7. The second-order valence-corrected chi connectivity index (χ2v) is 5.84. The summed E-state index contributed by atoms with van der Waals surface area (Å²) in [5.41, 5.74) is 5.65. The van der Waals surface area contributed by atoms with Crippen LogP contribution in [0.3, 0.4) is 0 Å². The number of carbonyl (C=O) groups excluding carboxylic acids is 1. The van der Waals surface area contributed by atoms with E-state index in [-0.39, 0.29) is 5.78 Å². The minimum absolute atomic E-state index is 0.0803. The zero-order chi connectivity index (χ0) is 14.8. The van der Waals surface area contributed by atoms with Gasteiger partial charge in [0.15, 0.2) is 5.78 Å². The van der Waals surface area contributed by atoms with E-state index in [0.717, 1.165) is 25.7 Å². The largest absolute Gasteiger partial charge is 0.496 e. The number of halogens is 1. The number of hydrogen-bond donors (Lipinski definition) is 1. The molecule has 0 spiro atoms. The Kier molecular flexibility index (Phi) is 4.43. The highest BCUT2D eigenvalue weighted by Crippen LogP contribution is 2.42. The van der Waals surface area contributed by atoms with E-state index in [4.69, 9.17) is 10.5 Å². The Bertz CT molecular complexity index is 493. The number of hydrogen-bond acceptors (Lipinski definition) is 3. The van der Waals surface area contributed by atoms with Gasteiger partial charge in [0.25, 0.3) is 0 Å². The van der Waals surface area contributed by atoms with Crippen molar-refractivity contribution in [2.45, 2.75) is 32.6 Å². The molecule has 20 heavy (non-hydrogen) atoms. The van der Waals surface area contributed by atoms with Crippen LogP contribution in [-0.2, 0) is 0 Å². The van der Waals surface area contributed by atoms with Gasteiger partial charge in [-0.1, -0.05) is 6.92 Å². The Morgan fingerprint density at radius 2 is 2.10 bits per heavy atom. The second kappa shape index (κ2) is 5.92. The molecule has 1 aliphatic rings. The summed E-state index contributed by atoms with van der Waals surface area (Å²) >= 11 is 0. The van der Waals surface area contributed by atoms with Crippen LogP contribution in [0, 0.1) is 17.2 Å². The van der Waals surface area contributed by atoms with Gasteiger partial charge in [-0.3, -0.25) is 4.79 Å². The van der Waals surface area contributed by atoms with E-state index in [2.05, 4.69) is 6.92 Å². The first-order chi connectivity index (χ1) is 9.52. The van der Waals surface area contributed by atoms with Crippen LogP contribution in [0.1, 0.15) is 43.0 Å². The predicted molar refractivity (Wildman–Crippen MR) is 76.4 cm³/mol. The van der Waals surface area contributed by atoms with E-state index in [1.807, 2.05) is 0 Å². The highest BCUT2D eigenvalue weighted by Gasteiger charge is 2.41. The fraction of sp³-hybridized carbons (Fsp3) is 0.562. The number of Topliss-reactive ketones (excluding diaryl/α,β-unsaturated/α-hetero) is 1. The van der Waals surface area contributed by atoms with Crippen molar-refractivity contribution in [1.82, 2.24) is 0 Å². The molecular weight excluding hydrogens is 257 g/mol. The van der Waals surface area contributed by atoms with Gasteiger partial charge in [0.2, 0.25) is 0 Å². The summed E-state index contributed by atoms with van der Waals surface area (Å²) in [6.45, 7) is 2.49. The van der Waals surface area contributed by atoms with Crippen LogP contribution < -0.4 is 10.5 Å². The number of ether oxygens (including phenoxy) is 1. The smallest absolute Gasteiger partial charge is 0.174 e. The van der Waals surface area contributed by atoms with E-state index < -0.39 is 11.2 Å². The summed E-state index contributed by atoms with van der Waals surface area (Å²) in [5, 5.41) is 0. The lowest BCUT2D eigenvalue weighted by Crippen LogP contribution is -2.41. The Hall–Kier alpha value is -1.42.